The lowest BCUT2D eigenvalue weighted by Gasteiger charge is -2.43. The second kappa shape index (κ2) is 11.2. The number of rotatable bonds is 7. The molecule has 6 nitrogen and oxygen atoms in total. The molecule has 2 saturated carbocycles. The number of nitrogens with zero attached hydrogens (tertiary/aromatic N) is 1. The van der Waals surface area contributed by atoms with Gasteiger partial charge in [0.15, 0.2) is 0 Å². The van der Waals surface area contributed by atoms with Crippen LogP contribution in [0.2, 0.25) is 0 Å². The Kier molecular flexibility index (Phi) is 9.16. The summed E-state index contributed by atoms with van der Waals surface area (Å²) in [5, 5.41) is 0. The highest BCUT2D eigenvalue weighted by Crippen LogP contribution is 2.62. The van der Waals surface area contributed by atoms with E-state index in [2.05, 4.69) is 27.7 Å². The highest BCUT2D eigenvalue weighted by Gasteiger charge is 2.60. The Morgan fingerprint density at radius 2 is 1.79 bits per heavy atom. The number of carbonyl (C=O) groups excluding carboxylic acids is 2. The molecule has 0 saturated heterocycles. The number of allylic oxidation sites excluding steroid dienone is 1. The topological polar surface area (TPSA) is 61.8 Å². The maximum atomic E-state index is 12.9. The summed E-state index contributed by atoms with van der Waals surface area (Å²) in [7, 11) is 1.83. The molecule has 6 atom stereocenters. The average molecular weight is 590 g/mol. The van der Waals surface area contributed by atoms with Crippen LogP contribution < -0.4 is 24.0 Å². The summed E-state index contributed by atoms with van der Waals surface area (Å²) < 4.78 is 18.0. The van der Waals surface area contributed by atoms with E-state index in [1.54, 1.807) is 5.57 Å². The molecule has 0 bridgehead atoms. The molecule has 4 aliphatic rings. The Hall–Kier alpha value is -0.670. The first-order valence-electron chi connectivity index (χ1n) is 13.3. The van der Waals surface area contributed by atoms with E-state index in [0.717, 1.165) is 62.6 Å². The highest BCUT2D eigenvalue weighted by atomic mass is 127. The number of carbonyl (C=O) groups is 2. The van der Waals surface area contributed by atoms with Crippen molar-refractivity contribution in [3.63, 3.8) is 0 Å². The van der Waals surface area contributed by atoms with Crippen molar-refractivity contribution >= 4 is 11.9 Å². The Labute approximate surface area is 222 Å². The molecule has 0 aromatic heterocycles. The molecule has 0 heterocycles. The van der Waals surface area contributed by atoms with Gasteiger partial charge in [-0.15, -0.1) is 0 Å². The van der Waals surface area contributed by atoms with E-state index in [9.17, 15) is 9.59 Å². The van der Waals surface area contributed by atoms with Crippen LogP contribution in [-0.2, 0) is 19.0 Å². The van der Waals surface area contributed by atoms with Gasteiger partial charge in [0.05, 0.1) is 25.7 Å². The summed E-state index contributed by atoms with van der Waals surface area (Å²) in [5.41, 5.74) is 2.72. The maximum Gasteiger partial charge on any atom is 0.512 e. The van der Waals surface area contributed by atoms with Crippen molar-refractivity contribution in [2.24, 2.45) is 23.2 Å². The molecule has 4 aliphatic carbocycles. The van der Waals surface area contributed by atoms with Crippen LogP contribution in [0.15, 0.2) is 11.1 Å². The predicted molar refractivity (Wildman–Crippen MR) is 126 cm³/mol. The minimum atomic E-state index is -0.609. The summed E-state index contributed by atoms with van der Waals surface area (Å²) in [4.78, 5) is 25.8. The minimum Gasteiger partial charge on any atom is -1.00 e. The Morgan fingerprint density at radius 3 is 2.44 bits per heavy atom. The van der Waals surface area contributed by atoms with Gasteiger partial charge in [-0.25, -0.2) is 4.79 Å². The SMILES string of the molecule is CC[N+](CC)(CC)COC(=O)O[C@H]1CC(=O)C(C)C12CCC1=C2CCC2CC(OC)CCC12.[I-]. The van der Waals surface area contributed by atoms with Crippen molar-refractivity contribution in [1.82, 2.24) is 0 Å². The van der Waals surface area contributed by atoms with Crippen LogP contribution in [0.4, 0.5) is 4.79 Å². The van der Waals surface area contributed by atoms with Crippen molar-refractivity contribution in [2.75, 3.05) is 33.5 Å². The van der Waals surface area contributed by atoms with Gasteiger partial charge in [-0.05, 0) is 77.6 Å². The fourth-order valence-electron chi connectivity index (χ4n) is 7.66. The Balaban J connectivity index is 0.00000324. The van der Waals surface area contributed by atoms with Crippen molar-refractivity contribution < 1.29 is 52.3 Å². The maximum absolute atomic E-state index is 12.9. The zero-order valence-electron chi connectivity index (χ0n) is 21.7. The lowest BCUT2D eigenvalue weighted by atomic mass is 9.63. The molecule has 7 heteroatoms. The summed E-state index contributed by atoms with van der Waals surface area (Å²) >= 11 is 0. The number of quaternary nitrogens is 1. The van der Waals surface area contributed by atoms with Crippen molar-refractivity contribution in [3.05, 3.63) is 11.1 Å². The molecule has 2 fully saturated rings. The third-order valence-corrected chi connectivity index (χ3v) is 10.2. The van der Waals surface area contributed by atoms with E-state index in [-0.39, 0.29) is 41.1 Å². The van der Waals surface area contributed by atoms with Crippen LogP contribution in [0.25, 0.3) is 0 Å². The quantitative estimate of drug-likeness (QED) is 0.150. The van der Waals surface area contributed by atoms with Gasteiger partial charge >= 0.3 is 6.16 Å². The summed E-state index contributed by atoms with van der Waals surface area (Å²) in [6.45, 7) is 11.5. The first-order valence-corrected chi connectivity index (χ1v) is 13.3. The third-order valence-electron chi connectivity index (χ3n) is 10.2. The third kappa shape index (κ3) is 4.70. The lowest BCUT2D eigenvalue weighted by molar-refractivity contribution is -0.939. The smallest absolute Gasteiger partial charge is 0.512 e. The molecular weight excluding hydrogens is 545 g/mol. The molecule has 34 heavy (non-hydrogen) atoms. The number of methoxy groups -OCH3 is 1. The average Bonchev–Trinajstić information content (AvgIpc) is 3.34. The zero-order valence-corrected chi connectivity index (χ0v) is 23.9. The van der Waals surface area contributed by atoms with Gasteiger partial charge in [-0.3, -0.25) is 9.28 Å². The van der Waals surface area contributed by atoms with Gasteiger partial charge in [-0.2, -0.15) is 0 Å². The number of hydrogen-bond acceptors (Lipinski definition) is 5. The largest absolute Gasteiger partial charge is 1.00 e. The summed E-state index contributed by atoms with van der Waals surface area (Å²) in [5.74, 6) is 1.45. The van der Waals surface area contributed by atoms with Crippen LogP contribution in [0.3, 0.4) is 0 Å². The Morgan fingerprint density at radius 1 is 1.09 bits per heavy atom. The molecule has 1 spiro atoms. The molecule has 5 unspecified atom stereocenters. The second-order valence-corrected chi connectivity index (χ2v) is 10.9. The molecule has 194 valence electrons. The molecule has 0 aromatic carbocycles. The fraction of sp³-hybridized carbons (Fsp3) is 0.852. The van der Waals surface area contributed by atoms with Crippen molar-refractivity contribution in [1.29, 1.82) is 0 Å². The summed E-state index contributed by atoms with van der Waals surface area (Å²) in [6, 6.07) is 0. The van der Waals surface area contributed by atoms with Crippen molar-refractivity contribution in [3.8, 4) is 0 Å². The number of ketones is 1. The number of hydrogen-bond donors (Lipinski definition) is 0. The molecule has 0 aliphatic heterocycles. The summed E-state index contributed by atoms with van der Waals surface area (Å²) in [6.07, 6.45) is 7.32. The minimum absolute atomic E-state index is 0. The predicted octanol–water partition coefficient (Wildman–Crippen LogP) is 2.26. The first kappa shape index (κ1) is 27.9. The lowest BCUT2D eigenvalue weighted by Crippen LogP contribution is -3.00. The number of Topliss-reactive ketones (excluding diaryl/α,β-unsaturated/α-hetero) is 1. The standard InChI is InChI=1S/C27H44NO5.HI/c1-6-28(7-2,8-3)17-32-26(30)33-25-16-24(29)18(4)27(25)14-13-22-21-11-10-20(31-5)15-19(21)9-12-23(22)27;/h18-21,25H,6-17H2,1-5H3;1H/q+1;/p-1/t18?,19?,20?,21?,25-,27?;/m0./s1. The van der Waals surface area contributed by atoms with Crippen LogP contribution >= 0.6 is 0 Å². The van der Waals surface area contributed by atoms with E-state index in [1.807, 2.05) is 7.11 Å². The van der Waals surface area contributed by atoms with E-state index in [0.29, 0.717) is 31.1 Å². The van der Waals surface area contributed by atoms with E-state index in [1.165, 1.54) is 12.0 Å². The van der Waals surface area contributed by atoms with E-state index < -0.39 is 12.3 Å². The molecule has 0 N–H and O–H groups in total. The second-order valence-electron chi connectivity index (χ2n) is 10.9. The van der Waals surface area contributed by atoms with Crippen LogP contribution in [0, 0.1) is 23.2 Å². The molecule has 4 rings (SSSR count). The van der Waals surface area contributed by atoms with E-state index in [4.69, 9.17) is 14.2 Å². The molecule has 0 radical (unpaired) electrons. The van der Waals surface area contributed by atoms with Gasteiger partial charge in [0.25, 0.3) is 0 Å². The fourth-order valence-corrected chi connectivity index (χ4v) is 7.66. The molecule has 0 aromatic rings. The van der Waals surface area contributed by atoms with Gasteiger partial charge in [0.2, 0.25) is 6.73 Å². The van der Waals surface area contributed by atoms with Gasteiger partial charge in [0.1, 0.15) is 11.9 Å². The van der Waals surface area contributed by atoms with Gasteiger partial charge < -0.3 is 38.2 Å². The number of halogens is 1. The zero-order chi connectivity index (χ0) is 23.8. The van der Waals surface area contributed by atoms with E-state index >= 15 is 0 Å². The number of ether oxygens (including phenoxy) is 3. The normalized spacial score (nSPS) is 35.1. The first-order chi connectivity index (χ1) is 15.8. The number of fused-ring (bicyclic) bond motifs is 3. The van der Waals surface area contributed by atoms with Crippen LogP contribution in [0.5, 0.6) is 0 Å². The van der Waals surface area contributed by atoms with Crippen LogP contribution in [-0.4, -0.2) is 62.1 Å². The monoisotopic (exact) mass is 589 g/mol. The van der Waals surface area contributed by atoms with Gasteiger partial charge in [-0.1, -0.05) is 18.1 Å². The van der Waals surface area contributed by atoms with Crippen molar-refractivity contribution in [2.45, 2.75) is 91.3 Å². The highest BCUT2D eigenvalue weighted by molar-refractivity contribution is 5.86. The van der Waals surface area contributed by atoms with Crippen LogP contribution in [0.1, 0.15) is 79.1 Å². The van der Waals surface area contributed by atoms with Gasteiger partial charge in [0, 0.05) is 24.9 Å². The molecular formula is C27H44INO5. The Bertz CT molecular complexity index is 786. The molecule has 0 amide bonds.